The van der Waals surface area contributed by atoms with Gasteiger partial charge in [-0.15, -0.1) is 0 Å². The number of urea groups is 1. The van der Waals surface area contributed by atoms with Crippen molar-refractivity contribution < 1.29 is 4.79 Å². The molecule has 0 saturated carbocycles. The lowest BCUT2D eigenvalue weighted by atomic mass is 10.3. The monoisotopic (exact) mass is 258 g/mol. The van der Waals surface area contributed by atoms with Crippen LogP contribution in [0.25, 0.3) is 0 Å². The van der Waals surface area contributed by atoms with Crippen LogP contribution in [0.15, 0.2) is 0 Å². The lowest BCUT2D eigenvalue weighted by Gasteiger charge is -2.24. The van der Waals surface area contributed by atoms with E-state index < -0.39 is 0 Å². The van der Waals surface area contributed by atoms with Gasteiger partial charge in [-0.2, -0.15) is 0 Å². The molecule has 1 N–H and O–H groups in total. The second-order valence-corrected chi connectivity index (χ2v) is 5.14. The zero-order chi connectivity index (χ0) is 14.0. The molecule has 18 heavy (non-hydrogen) atoms. The van der Waals surface area contributed by atoms with Crippen LogP contribution in [-0.4, -0.2) is 81.6 Å². The van der Waals surface area contributed by atoms with E-state index in [4.69, 9.17) is 0 Å². The molecule has 5 heteroatoms. The molecule has 0 rings (SSSR count). The van der Waals surface area contributed by atoms with Gasteiger partial charge in [0.15, 0.2) is 0 Å². The fraction of sp³-hybridized carbons (Fsp3) is 0.923. The number of rotatable bonds is 9. The number of carbonyl (C=O) groups excluding carboxylic acids is 1. The van der Waals surface area contributed by atoms with Crippen molar-refractivity contribution in [3.63, 3.8) is 0 Å². The molecule has 0 aromatic heterocycles. The topological polar surface area (TPSA) is 38.8 Å². The Morgan fingerprint density at radius 2 is 1.33 bits per heavy atom. The fourth-order valence-electron chi connectivity index (χ4n) is 1.73. The van der Waals surface area contributed by atoms with E-state index in [1.807, 2.05) is 11.8 Å². The quantitative estimate of drug-likeness (QED) is 0.668. The lowest BCUT2D eigenvalue weighted by Crippen LogP contribution is -2.42. The highest BCUT2D eigenvalue weighted by Gasteiger charge is 2.11. The fourth-order valence-corrected chi connectivity index (χ4v) is 1.73. The molecule has 2 amide bonds. The summed E-state index contributed by atoms with van der Waals surface area (Å²) in [6.45, 7) is 6.34. The smallest absolute Gasteiger partial charge is 0.317 e. The highest BCUT2D eigenvalue weighted by molar-refractivity contribution is 5.74. The molecular formula is C13H30N4O. The van der Waals surface area contributed by atoms with Crippen molar-refractivity contribution in [3.05, 3.63) is 0 Å². The van der Waals surface area contributed by atoms with E-state index in [2.05, 4.69) is 43.3 Å². The first-order valence-electron chi connectivity index (χ1n) is 6.79. The van der Waals surface area contributed by atoms with E-state index in [1.54, 1.807) is 0 Å². The van der Waals surface area contributed by atoms with Crippen molar-refractivity contribution in [2.45, 2.75) is 19.8 Å². The third kappa shape index (κ3) is 9.24. The summed E-state index contributed by atoms with van der Waals surface area (Å²) in [4.78, 5) is 18.1. The number of hydrogen-bond acceptors (Lipinski definition) is 3. The molecule has 5 nitrogen and oxygen atoms in total. The predicted octanol–water partition coefficient (Wildman–Crippen LogP) is 0.921. The Kier molecular flexibility index (Phi) is 9.69. The molecule has 0 saturated heterocycles. The Morgan fingerprint density at radius 3 is 1.67 bits per heavy atom. The Hall–Kier alpha value is -0.810. The largest absolute Gasteiger partial charge is 0.338 e. The Labute approximate surface area is 112 Å². The first-order valence-corrected chi connectivity index (χ1v) is 6.79. The normalized spacial score (nSPS) is 11.1. The molecule has 0 atom stereocenters. The summed E-state index contributed by atoms with van der Waals surface area (Å²) in [6, 6.07) is 0.0648. The minimum absolute atomic E-state index is 0.0648. The average Bonchev–Trinajstić information content (AvgIpc) is 2.26. The van der Waals surface area contributed by atoms with Crippen LogP contribution in [0.4, 0.5) is 4.79 Å². The van der Waals surface area contributed by atoms with Gasteiger partial charge in [0, 0.05) is 19.6 Å². The predicted molar refractivity (Wildman–Crippen MR) is 77.0 cm³/mol. The van der Waals surface area contributed by atoms with Crippen LogP contribution < -0.4 is 5.32 Å². The lowest BCUT2D eigenvalue weighted by molar-refractivity contribution is 0.192. The minimum atomic E-state index is 0.0648. The molecule has 0 aliphatic heterocycles. The van der Waals surface area contributed by atoms with Crippen LogP contribution in [0, 0.1) is 0 Å². The van der Waals surface area contributed by atoms with Crippen molar-refractivity contribution in [1.29, 1.82) is 0 Å². The molecule has 0 unspecified atom stereocenters. The number of hydrogen-bond donors (Lipinski definition) is 1. The summed E-state index contributed by atoms with van der Waals surface area (Å²) in [6.07, 6.45) is 2.04. The molecule has 0 aromatic carbocycles. The van der Waals surface area contributed by atoms with Gasteiger partial charge >= 0.3 is 6.03 Å². The van der Waals surface area contributed by atoms with Crippen molar-refractivity contribution in [2.75, 3.05) is 60.9 Å². The van der Waals surface area contributed by atoms with Crippen LogP contribution in [0.2, 0.25) is 0 Å². The van der Waals surface area contributed by atoms with Crippen molar-refractivity contribution >= 4 is 6.03 Å². The third-order valence-electron chi connectivity index (χ3n) is 2.68. The number of nitrogens with zero attached hydrogens (tertiary/aromatic N) is 3. The van der Waals surface area contributed by atoms with Crippen LogP contribution in [0.3, 0.4) is 0 Å². The van der Waals surface area contributed by atoms with E-state index in [9.17, 15) is 4.79 Å². The average molecular weight is 258 g/mol. The van der Waals surface area contributed by atoms with E-state index in [0.29, 0.717) is 6.54 Å². The van der Waals surface area contributed by atoms with E-state index in [-0.39, 0.29) is 6.03 Å². The highest BCUT2D eigenvalue weighted by atomic mass is 16.2. The third-order valence-corrected chi connectivity index (χ3v) is 2.68. The van der Waals surface area contributed by atoms with Crippen molar-refractivity contribution in [2.24, 2.45) is 0 Å². The van der Waals surface area contributed by atoms with Crippen molar-refractivity contribution in [3.8, 4) is 0 Å². The zero-order valence-electron chi connectivity index (χ0n) is 12.7. The Balaban J connectivity index is 4.03. The molecule has 0 aliphatic carbocycles. The van der Waals surface area contributed by atoms with Gasteiger partial charge in [-0.3, -0.25) is 0 Å². The number of nitrogens with one attached hydrogen (secondary N) is 1. The van der Waals surface area contributed by atoms with Crippen molar-refractivity contribution in [1.82, 2.24) is 20.0 Å². The van der Waals surface area contributed by atoms with E-state index in [0.717, 1.165) is 39.0 Å². The van der Waals surface area contributed by atoms with Crippen LogP contribution >= 0.6 is 0 Å². The van der Waals surface area contributed by atoms with Gasteiger partial charge in [-0.05, 0) is 61.0 Å². The maximum absolute atomic E-state index is 11.9. The van der Waals surface area contributed by atoms with Gasteiger partial charge in [0.05, 0.1) is 0 Å². The van der Waals surface area contributed by atoms with Gasteiger partial charge in [0.1, 0.15) is 0 Å². The molecule has 0 aromatic rings. The molecule has 0 fully saturated rings. The first kappa shape index (κ1) is 17.2. The highest BCUT2D eigenvalue weighted by Crippen LogP contribution is 1.97. The summed E-state index contributed by atoms with van der Waals surface area (Å²) < 4.78 is 0. The maximum Gasteiger partial charge on any atom is 0.317 e. The summed E-state index contributed by atoms with van der Waals surface area (Å²) >= 11 is 0. The minimum Gasteiger partial charge on any atom is -0.338 e. The van der Waals surface area contributed by atoms with E-state index >= 15 is 0 Å². The standard InChI is InChI=1S/C13H30N4O/c1-6-14-13(18)17(11-7-9-15(2)3)12-8-10-16(4)5/h6-12H2,1-5H3,(H,14,18). The second kappa shape index (κ2) is 10.1. The summed E-state index contributed by atoms with van der Waals surface area (Å²) in [5.41, 5.74) is 0. The molecule has 0 spiro atoms. The molecular weight excluding hydrogens is 228 g/mol. The van der Waals surface area contributed by atoms with Gasteiger partial charge in [0.25, 0.3) is 0 Å². The molecule has 0 radical (unpaired) electrons. The summed E-state index contributed by atoms with van der Waals surface area (Å²) in [5, 5.41) is 2.88. The number of carbonyl (C=O) groups is 1. The molecule has 108 valence electrons. The maximum atomic E-state index is 11.9. The Bertz CT molecular complexity index is 205. The Morgan fingerprint density at radius 1 is 0.889 bits per heavy atom. The first-order chi connectivity index (χ1) is 8.47. The van der Waals surface area contributed by atoms with Gasteiger partial charge in [-0.25, -0.2) is 4.79 Å². The van der Waals surface area contributed by atoms with Gasteiger partial charge in [0.2, 0.25) is 0 Å². The van der Waals surface area contributed by atoms with Crippen LogP contribution in [0.5, 0.6) is 0 Å². The summed E-state index contributed by atoms with van der Waals surface area (Å²) in [5.74, 6) is 0. The van der Waals surface area contributed by atoms with Crippen LogP contribution in [0.1, 0.15) is 19.8 Å². The van der Waals surface area contributed by atoms with Gasteiger partial charge in [-0.1, -0.05) is 0 Å². The second-order valence-electron chi connectivity index (χ2n) is 5.14. The zero-order valence-corrected chi connectivity index (χ0v) is 12.7. The number of amides is 2. The van der Waals surface area contributed by atoms with Crippen LogP contribution in [-0.2, 0) is 0 Å². The van der Waals surface area contributed by atoms with E-state index in [1.165, 1.54) is 0 Å². The molecule has 0 heterocycles. The SMILES string of the molecule is CCNC(=O)N(CCCN(C)C)CCCN(C)C. The van der Waals surface area contributed by atoms with Gasteiger partial charge < -0.3 is 20.0 Å². The molecule has 0 aliphatic rings. The molecule has 0 bridgehead atoms. The summed E-state index contributed by atoms with van der Waals surface area (Å²) in [7, 11) is 8.23.